The largest absolute Gasteiger partial charge is 0.493 e. The predicted octanol–water partition coefficient (Wildman–Crippen LogP) is 4.93. The van der Waals surface area contributed by atoms with Crippen molar-refractivity contribution in [2.75, 3.05) is 13.7 Å². The van der Waals surface area contributed by atoms with Crippen molar-refractivity contribution in [1.82, 2.24) is 10.3 Å². The van der Waals surface area contributed by atoms with Gasteiger partial charge in [0.2, 0.25) is 5.91 Å². The van der Waals surface area contributed by atoms with E-state index in [2.05, 4.69) is 22.4 Å². The van der Waals surface area contributed by atoms with Crippen molar-refractivity contribution in [2.24, 2.45) is 5.92 Å². The molecule has 2 atom stereocenters. The van der Waals surface area contributed by atoms with E-state index in [4.69, 9.17) is 13.9 Å². The number of aryl methyl sites for hydroxylation is 1. The molecule has 1 aliphatic carbocycles. The van der Waals surface area contributed by atoms with E-state index < -0.39 is 0 Å². The number of aromatic nitrogens is 1. The molecule has 6 nitrogen and oxygen atoms in total. The smallest absolute Gasteiger partial charge is 0.223 e. The lowest BCUT2D eigenvalue weighted by Gasteiger charge is -2.29. The average molecular weight is 435 g/mol. The maximum atomic E-state index is 12.6. The molecule has 2 heterocycles. The molecule has 32 heavy (non-hydrogen) atoms. The number of oxazole rings is 1. The lowest BCUT2D eigenvalue weighted by atomic mass is 9.83. The number of piperidine rings is 1. The van der Waals surface area contributed by atoms with Gasteiger partial charge in [-0.25, -0.2) is 4.98 Å². The van der Waals surface area contributed by atoms with Crippen molar-refractivity contribution in [3.05, 3.63) is 53.4 Å². The molecule has 1 amide bonds. The Labute approximate surface area is 188 Å². The standard InChI is InChI=1S/C26H30N2O4/c1-16-6-5-9-21-25(16)32-24(28-21)14-18-12-19(15-27-26(18)29)17-10-11-22(30-2)23(13-17)31-20-7-3-4-8-20/h5-6,9-11,13,18-20H,3-4,7-8,12,14-15H2,1-2H3,(H,27,29)/t18-,19-/m1/s1. The summed E-state index contributed by atoms with van der Waals surface area (Å²) < 4.78 is 17.8. The second-order valence-corrected chi connectivity index (χ2v) is 9.04. The van der Waals surface area contributed by atoms with Gasteiger partial charge in [0.25, 0.3) is 0 Å². The van der Waals surface area contributed by atoms with Crippen LogP contribution in [0.3, 0.4) is 0 Å². The van der Waals surface area contributed by atoms with E-state index in [-0.39, 0.29) is 23.8 Å². The first kappa shape index (κ1) is 20.9. The van der Waals surface area contributed by atoms with Gasteiger partial charge >= 0.3 is 0 Å². The number of nitrogens with one attached hydrogen (secondary N) is 1. The lowest BCUT2D eigenvalue weighted by Crippen LogP contribution is -2.41. The van der Waals surface area contributed by atoms with Gasteiger partial charge in [-0.2, -0.15) is 0 Å². The Morgan fingerprint density at radius 1 is 1.16 bits per heavy atom. The summed E-state index contributed by atoms with van der Waals surface area (Å²) in [6, 6.07) is 12.1. The third-order valence-corrected chi connectivity index (χ3v) is 6.79. The molecule has 5 rings (SSSR count). The van der Waals surface area contributed by atoms with Crippen molar-refractivity contribution in [2.45, 2.75) is 57.5 Å². The number of hydrogen-bond acceptors (Lipinski definition) is 5. The van der Waals surface area contributed by atoms with Crippen LogP contribution in [0.4, 0.5) is 0 Å². The summed E-state index contributed by atoms with van der Waals surface area (Å²) in [6.45, 7) is 2.63. The summed E-state index contributed by atoms with van der Waals surface area (Å²) in [7, 11) is 1.68. The molecular weight excluding hydrogens is 404 g/mol. The minimum Gasteiger partial charge on any atom is -0.493 e. The number of benzene rings is 2. The van der Waals surface area contributed by atoms with Crippen LogP contribution in [-0.4, -0.2) is 30.6 Å². The Balaban J connectivity index is 1.34. The number of hydrogen-bond donors (Lipinski definition) is 1. The number of carbonyl (C=O) groups excluding carboxylic acids is 1. The quantitative estimate of drug-likeness (QED) is 0.596. The van der Waals surface area contributed by atoms with Crippen LogP contribution in [0.5, 0.6) is 11.5 Å². The summed E-state index contributed by atoms with van der Waals surface area (Å²) in [5, 5.41) is 3.09. The fourth-order valence-electron chi connectivity index (χ4n) is 4.99. The number of fused-ring (bicyclic) bond motifs is 1. The number of ether oxygens (including phenoxy) is 2. The summed E-state index contributed by atoms with van der Waals surface area (Å²) in [4.78, 5) is 17.2. The molecule has 2 fully saturated rings. The number of nitrogens with zero attached hydrogens (tertiary/aromatic N) is 1. The zero-order chi connectivity index (χ0) is 22.1. The first-order valence-electron chi connectivity index (χ1n) is 11.6. The van der Waals surface area contributed by atoms with Crippen LogP contribution in [0.1, 0.15) is 55.0 Å². The monoisotopic (exact) mass is 434 g/mol. The fourth-order valence-corrected chi connectivity index (χ4v) is 4.99. The van der Waals surface area contributed by atoms with Crippen LogP contribution in [0, 0.1) is 12.8 Å². The van der Waals surface area contributed by atoms with E-state index in [1.54, 1.807) is 7.11 Å². The van der Waals surface area contributed by atoms with Crippen LogP contribution in [0.2, 0.25) is 0 Å². The van der Waals surface area contributed by atoms with Gasteiger partial charge in [0.1, 0.15) is 5.52 Å². The van der Waals surface area contributed by atoms with E-state index in [9.17, 15) is 4.79 Å². The summed E-state index contributed by atoms with van der Waals surface area (Å²) in [6.07, 6.45) is 6.14. The Hall–Kier alpha value is -3.02. The number of rotatable bonds is 6. The molecule has 2 aliphatic rings. The van der Waals surface area contributed by atoms with Crippen molar-refractivity contribution in [3.63, 3.8) is 0 Å². The molecule has 3 aromatic rings. The second kappa shape index (κ2) is 8.85. The summed E-state index contributed by atoms with van der Waals surface area (Å²) >= 11 is 0. The number of carbonyl (C=O) groups is 1. The van der Waals surface area contributed by atoms with Crippen LogP contribution in [-0.2, 0) is 11.2 Å². The highest BCUT2D eigenvalue weighted by atomic mass is 16.5. The SMILES string of the molecule is COc1ccc([C@H]2CNC(=O)[C@@H](Cc3nc4cccc(C)c4o3)C2)cc1OC1CCCC1. The van der Waals surface area contributed by atoms with Gasteiger partial charge in [-0.15, -0.1) is 0 Å². The summed E-state index contributed by atoms with van der Waals surface area (Å²) in [5.74, 6) is 2.29. The van der Waals surface area contributed by atoms with Gasteiger partial charge in [-0.1, -0.05) is 18.2 Å². The second-order valence-electron chi connectivity index (χ2n) is 9.04. The fraction of sp³-hybridized carbons (Fsp3) is 0.462. The molecule has 0 unspecified atom stereocenters. The van der Waals surface area contributed by atoms with Crippen LogP contribution < -0.4 is 14.8 Å². The van der Waals surface area contributed by atoms with Gasteiger partial charge in [0.15, 0.2) is 23.0 Å². The number of amides is 1. The third kappa shape index (κ3) is 4.18. The molecule has 0 spiro atoms. The van der Waals surface area contributed by atoms with Gasteiger partial charge in [0, 0.05) is 24.8 Å². The Kier molecular flexibility index (Phi) is 5.77. The first-order chi connectivity index (χ1) is 15.6. The summed E-state index contributed by atoms with van der Waals surface area (Å²) in [5.41, 5.74) is 3.87. The van der Waals surface area contributed by atoms with Crippen LogP contribution in [0.25, 0.3) is 11.1 Å². The van der Waals surface area contributed by atoms with Crippen LogP contribution >= 0.6 is 0 Å². The average Bonchev–Trinajstić information content (AvgIpc) is 3.45. The highest BCUT2D eigenvalue weighted by molar-refractivity contribution is 5.80. The molecule has 168 valence electrons. The van der Waals surface area contributed by atoms with Crippen molar-refractivity contribution < 1.29 is 18.7 Å². The van der Waals surface area contributed by atoms with E-state index in [1.807, 2.05) is 31.2 Å². The van der Waals surface area contributed by atoms with Gasteiger partial charge in [-0.3, -0.25) is 4.79 Å². The predicted molar refractivity (Wildman–Crippen MR) is 122 cm³/mol. The van der Waals surface area contributed by atoms with Crippen molar-refractivity contribution >= 4 is 17.0 Å². The highest BCUT2D eigenvalue weighted by Gasteiger charge is 2.31. The minimum absolute atomic E-state index is 0.0659. The van der Waals surface area contributed by atoms with Gasteiger partial charge in [0.05, 0.1) is 13.2 Å². The van der Waals surface area contributed by atoms with Crippen LogP contribution in [0.15, 0.2) is 40.8 Å². The molecule has 1 saturated heterocycles. The van der Waals surface area contributed by atoms with E-state index in [0.717, 1.165) is 53.0 Å². The molecule has 6 heteroatoms. The topological polar surface area (TPSA) is 73.6 Å². The Bertz CT molecular complexity index is 1120. The van der Waals surface area contributed by atoms with Crippen molar-refractivity contribution in [3.8, 4) is 11.5 Å². The molecule has 1 aromatic heterocycles. The molecule has 0 bridgehead atoms. The lowest BCUT2D eigenvalue weighted by molar-refractivity contribution is -0.127. The molecule has 1 saturated carbocycles. The first-order valence-corrected chi connectivity index (χ1v) is 11.6. The molecule has 0 radical (unpaired) electrons. The van der Waals surface area contributed by atoms with E-state index in [1.165, 1.54) is 12.8 Å². The highest BCUT2D eigenvalue weighted by Crippen LogP contribution is 2.37. The molecule has 1 N–H and O–H groups in total. The Morgan fingerprint density at radius 2 is 2.00 bits per heavy atom. The maximum absolute atomic E-state index is 12.6. The third-order valence-electron chi connectivity index (χ3n) is 6.79. The van der Waals surface area contributed by atoms with Gasteiger partial charge in [-0.05, 0) is 68.4 Å². The maximum Gasteiger partial charge on any atom is 0.223 e. The minimum atomic E-state index is -0.177. The normalized spacial score (nSPS) is 21.6. The van der Waals surface area contributed by atoms with E-state index >= 15 is 0 Å². The molecule has 2 aromatic carbocycles. The van der Waals surface area contributed by atoms with Gasteiger partial charge < -0.3 is 19.2 Å². The van der Waals surface area contributed by atoms with E-state index in [0.29, 0.717) is 18.9 Å². The van der Waals surface area contributed by atoms with Crippen molar-refractivity contribution in [1.29, 1.82) is 0 Å². The zero-order valence-electron chi connectivity index (χ0n) is 18.7. The number of methoxy groups -OCH3 is 1. The molecular formula is C26H30N2O4. The molecule has 1 aliphatic heterocycles. The Morgan fingerprint density at radius 3 is 2.78 bits per heavy atom. The number of para-hydroxylation sites is 1. The zero-order valence-corrected chi connectivity index (χ0v) is 18.7.